The molecule has 0 N–H and O–H groups in total. The molecule has 0 aliphatic heterocycles. The minimum atomic E-state index is -4.02. The molecular weight excluding hydrogens is 211 g/mol. The van der Waals surface area contributed by atoms with Gasteiger partial charge in [-0.2, -0.15) is 0 Å². The van der Waals surface area contributed by atoms with Crippen LogP contribution in [0.25, 0.3) is 0 Å². The summed E-state index contributed by atoms with van der Waals surface area (Å²) in [5, 5.41) is 0. The molecule has 0 bridgehead atoms. The number of rotatable bonds is 6. The van der Waals surface area contributed by atoms with Gasteiger partial charge in [0, 0.05) is 5.75 Å². The normalized spacial score (nSPS) is 13.8. The summed E-state index contributed by atoms with van der Waals surface area (Å²) in [6.45, 7) is 6.24. The zero-order valence-corrected chi connectivity index (χ0v) is 12.4. The average Bonchev–Trinajstić information content (AvgIpc) is 1.95. The van der Waals surface area contributed by atoms with Gasteiger partial charge >= 0.3 is 29.6 Å². The van der Waals surface area contributed by atoms with Crippen LogP contribution in [0.15, 0.2) is 0 Å². The Morgan fingerprint density at radius 2 is 1.79 bits per heavy atom. The van der Waals surface area contributed by atoms with Crippen molar-refractivity contribution in [2.75, 3.05) is 5.75 Å². The second-order valence-corrected chi connectivity index (χ2v) is 5.48. The van der Waals surface area contributed by atoms with E-state index < -0.39 is 10.1 Å². The fraction of sp³-hybridized carbons (Fsp3) is 1.00. The van der Waals surface area contributed by atoms with Crippen molar-refractivity contribution in [3.05, 3.63) is 0 Å². The van der Waals surface area contributed by atoms with E-state index in [1.807, 2.05) is 6.92 Å². The molecule has 14 heavy (non-hydrogen) atoms. The van der Waals surface area contributed by atoms with E-state index in [2.05, 4.69) is 13.8 Å². The molecule has 0 aromatic carbocycles. The monoisotopic (exact) mass is 230 g/mol. The van der Waals surface area contributed by atoms with E-state index in [1.165, 1.54) is 0 Å². The molecule has 0 radical (unpaired) electrons. The zero-order valence-electron chi connectivity index (χ0n) is 9.62. The van der Waals surface area contributed by atoms with Crippen LogP contribution in [0.1, 0.15) is 40.0 Å². The van der Waals surface area contributed by atoms with Crippen LogP contribution in [0.3, 0.4) is 0 Å². The second-order valence-electron chi connectivity index (χ2n) is 3.95. The summed E-state index contributed by atoms with van der Waals surface area (Å²) in [4.78, 5) is 0. The third kappa shape index (κ3) is 11.0. The molecule has 0 saturated heterocycles. The van der Waals surface area contributed by atoms with Crippen molar-refractivity contribution >= 4 is 10.1 Å². The summed E-state index contributed by atoms with van der Waals surface area (Å²) in [5.74, 6) is 0.737. The number of hydrogen-bond donors (Lipinski definition) is 0. The van der Waals surface area contributed by atoms with E-state index in [0.717, 1.165) is 12.8 Å². The van der Waals surface area contributed by atoms with Crippen molar-refractivity contribution in [1.82, 2.24) is 0 Å². The molecule has 0 heterocycles. The van der Waals surface area contributed by atoms with Crippen LogP contribution in [-0.2, 0) is 10.1 Å². The minimum Gasteiger partial charge on any atom is -0.748 e. The standard InChI is InChI=1S/C9H20O3S.Na/c1-4-9(7-8(2)3)5-6-13(10,11)12;/h8-9H,4-7H2,1-3H3,(H,10,11,12);/q;+1/p-1. The fourth-order valence-electron chi connectivity index (χ4n) is 1.47. The Kier molecular flexibility index (Phi) is 10.0. The van der Waals surface area contributed by atoms with Crippen LogP contribution in [0.4, 0.5) is 0 Å². The van der Waals surface area contributed by atoms with E-state index in [9.17, 15) is 13.0 Å². The van der Waals surface area contributed by atoms with Crippen molar-refractivity contribution in [1.29, 1.82) is 0 Å². The molecule has 0 rings (SSSR count). The molecule has 0 saturated carbocycles. The summed E-state index contributed by atoms with van der Waals surface area (Å²) >= 11 is 0. The Morgan fingerprint density at radius 1 is 1.29 bits per heavy atom. The first kappa shape index (κ1) is 17.3. The van der Waals surface area contributed by atoms with Crippen molar-refractivity contribution in [3.8, 4) is 0 Å². The van der Waals surface area contributed by atoms with Crippen molar-refractivity contribution < 1.29 is 42.5 Å². The van der Waals surface area contributed by atoms with Gasteiger partial charge in [-0.1, -0.05) is 27.2 Å². The van der Waals surface area contributed by atoms with Gasteiger partial charge < -0.3 is 4.55 Å². The fourth-order valence-corrected chi connectivity index (χ4v) is 2.09. The Bertz CT molecular complexity index is 224. The summed E-state index contributed by atoms with van der Waals surface area (Å²) in [6.07, 6.45) is 2.47. The van der Waals surface area contributed by atoms with E-state index in [4.69, 9.17) is 0 Å². The van der Waals surface area contributed by atoms with Gasteiger partial charge in [0.1, 0.15) is 0 Å². The van der Waals surface area contributed by atoms with Gasteiger partial charge in [-0.3, -0.25) is 0 Å². The average molecular weight is 230 g/mol. The summed E-state index contributed by atoms with van der Waals surface area (Å²) in [6, 6.07) is 0. The molecule has 0 aromatic heterocycles. The minimum absolute atomic E-state index is 0. The zero-order chi connectivity index (χ0) is 10.5. The van der Waals surface area contributed by atoms with Gasteiger partial charge in [0.2, 0.25) is 0 Å². The summed E-state index contributed by atoms with van der Waals surface area (Å²) < 4.78 is 31.1. The Morgan fingerprint density at radius 3 is 2.07 bits per heavy atom. The van der Waals surface area contributed by atoms with E-state index >= 15 is 0 Å². The molecular formula is C9H19NaO3S. The first-order valence-electron chi connectivity index (χ1n) is 4.78. The molecule has 0 aliphatic carbocycles. The molecule has 3 nitrogen and oxygen atoms in total. The predicted molar refractivity (Wildman–Crippen MR) is 52.4 cm³/mol. The number of hydrogen-bond acceptors (Lipinski definition) is 3. The van der Waals surface area contributed by atoms with Gasteiger partial charge in [-0.15, -0.1) is 0 Å². The smallest absolute Gasteiger partial charge is 0.748 e. The quantitative estimate of drug-likeness (QED) is 0.434. The summed E-state index contributed by atoms with van der Waals surface area (Å²) in [5.41, 5.74) is 0. The topological polar surface area (TPSA) is 57.2 Å². The van der Waals surface area contributed by atoms with Crippen LogP contribution < -0.4 is 29.6 Å². The maximum atomic E-state index is 10.4. The van der Waals surface area contributed by atoms with Crippen molar-refractivity contribution in [3.63, 3.8) is 0 Å². The first-order valence-corrected chi connectivity index (χ1v) is 6.36. The predicted octanol–water partition coefficient (Wildman–Crippen LogP) is -1.00. The maximum absolute atomic E-state index is 10.4. The first-order chi connectivity index (χ1) is 5.85. The molecule has 0 aliphatic rings. The van der Waals surface area contributed by atoms with Crippen LogP contribution in [0.2, 0.25) is 0 Å². The van der Waals surface area contributed by atoms with Gasteiger partial charge in [0.25, 0.3) is 0 Å². The van der Waals surface area contributed by atoms with Gasteiger partial charge in [0.15, 0.2) is 0 Å². The van der Waals surface area contributed by atoms with Crippen molar-refractivity contribution in [2.24, 2.45) is 11.8 Å². The molecule has 0 aromatic rings. The van der Waals surface area contributed by atoms with Crippen LogP contribution in [0.5, 0.6) is 0 Å². The molecule has 0 spiro atoms. The Labute approximate surface area is 110 Å². The summed E-state index contributed by atoms with van der Waals surface area (Å²) in [7, 11) is -4.02. The second kappa shape index (κ2) is 8.11. The molecule has 1 atom stereocenters. The van der Waals surface area contributed by atoms with Gasteiger partial charge in [0.05, 0.1) is 10.1 Å². The van der Waals surface area contributed by atoms with Crippen LogP contribution >= 0.6 is 0 Å². The van der Waals surface area contributed by atoms with E-state index in [0.29, 0.717) is 18.3 Å². The van der Waals surface area contributed by atoms with E-state index in [1.54, 1.807) is 0 Å². The van der Waals surface area contributed by atoms with E-state index in [-0.39, 0.29) is 35.3 Å². The largest absolute Gasteiger partial charge is 1.00 e. The SMILES string of the molecule is CCC(CCS(=O)(=O)[O-])CC(C)C.[Na+]. The third-order valence-electron chi connectivity index (χ3n) is 2.16. The molecule has 80 valence electrons. The maximum Gasteiger partial charge on any atom is 1.00 e. The van der Waals surface area contributed by atoms with Gasteiger partial charge in [-0.05, 0) is 24.7 Å². The Balaban J connectivity index is 0. The van der Waals surface area contributed by atoms with Crippen LogP contribution in [0, 0.1) is 11.8 Å². The molecule has 0 amide bonds. The molecule has 1 unspecified atom stereocenters. The Hall–Kier alpha value is 0.910. The van der Waals surface area contributed by atoms with Crippen LogP contribution in [-0.4, -0.2) is 18.7 Å². The third-order valence-corrected chi connectivity index (χ3v) is 2.89. The molecule has 5 heteroatoms. The van der Waals surface area contributed by atoms with Crippen molar-refractivity contribution in [2.45, 2.75) is 40.0 Å². The molecule has 0 fully saturated rings. The van der Waals surface area contributed by atoms with Gasteiger partial charge in [-0.25, -0.2) is 8.42 Å².